The quantitative estimate of drug-likeness (QED) is 0.529. The molecule has 1 heterocycles. The molecule has 0 saturated carbocycles. The summed E-state index contributed by atoms with van der Waals surface area (Å²) in [6, 6.07) is 16.6. The summed E-state index contributed by atoms with van der Waals surface area (Å²) < 4.78 is 13.9. The molecule has 0 spiro atoms. The van der Waals surface area contributed by atoms with Crippen LogP contribution in [0.5, 0.6) is 5.75 Å². The molecule has 3 aromatic rings. The van der Waals surface area contributed by atoms with E-state index in [1.165, 1.54) is 11.6 Å². The van der Waals surface area contributed by atoms with E-state index in [0.29, 0.717) is 17.1 Å². The number of anilines is 1. The predicted octanol–water partition coefficient (Wildman–Crippen LogP) is 3.56. The zero-order chi connectivity index (χ0) is 24.1. The third-order valence-corrected chi connectivity index (χ3v) is 5.37. The number of esters is 1. The van der Waals surface area contributed by atoms with Crippen LogP contribution < -0.4 is 15.6 Å². The van der Waals surface area contributed by atoms with Crippen LogP contribution >= 0.6 is 0 Å². The first-order chi connectivity index (χ1) is 15.7. The first kappa shape index (κ1) is 23.8. The van der Waals surface area contributed by atoms with Crippen LogP contribution in [0.4, 0.5) is 5.69 Å². The van der Waals surface area contributed by atoms with Crippen LogP contribution in [-0.2, 0) is 21.4 Å². The van der Waals surface area contributed by atoms with Crippen LogP contribution in [-0.4, -0.2) is 34.0 Å². The molecule has 0 fully saturated rings. The van der Waals surface area contributed by atoms with Gasteiger partial charge in [-0.3, -0.25) is 14.3 Å². The molecule has 8 nitrogen and oxygen atoms in total. The van der Waals surface area contributed by atoms with Crippen LogP contribution in [0.25, 0.3) is 5.69 Å². The SMILES string of the molecule is Cc1c(NC(=O)C(C)OC(=O)COc2ccccc2C(C)C)c(=O)n(-c2ccccc2)n1C. The minimum atomic E-state index is -1.11. The standard InChI is InChI=1S/C25H29N3O5/c1-16(2)20-13-9-10-14-21(20)32-15-22(29)33-18(4)24(30)26-23-17(3)27(5)28(25(23)31)19-11-7-6-8-12-19/h6-14,16,18H,15H2,1-5H3,(H,26,30). The van der Waals surface area contributed by atoms with Gasteiger partial charge in [-0.25, -0.2) is 9.48 Å². The molecule has 174 valence electrons. The molecule has 0 radical (unpaired) electrons. The molecule has 0 aliphatic heterocycles. The lowest BCUT2D eigenvalue weighted by atomic mass is 10.0. The summed E-state index contributed by atoms with van der Waals surface area (Å²) in [5, 5.41) is 2.60. The van der Waals surface area contributed by atoms with Crippen molar-refractivity contribution in [2.45, 2.75) is 39.7 Å². The average Bonchev–Trinajstić information content (AvgIpc) is 3.01. The molecule has 3 rings (SSSR count). The minimum absolute atomic E-state index is 0.136. The molecule has 33 heavy (non-hydrogen) atoms. The van der Waals surface area contributed by atoms with Crippen molar-refractivity contribution in [3.05, 3.63) is 76.2 Å². The molecule has 1 aromatic heterocycles. The van der Waals surface area contributed by atoms with Crippen molar-refractivity contribution in [2.24, 2.45) is 7.05 Å². The number of hydrogen-bond donors (Lipinski definition) is 1. The van der Waals surface area contributed by atoms with Crippen molar-refractivity contribution in [2.75, 3.05) is 11.9 Å². The second-order valence-corrected chi connectivity index (χ2v) is 8.04. The fourth-order valence-electron chi connectivity index (χ4n) is 3.45. The molecule has 1 atom stereocenters. The number of benzene rings is 2. The molecule has 1 N–H and O–H groups in total. The van der Waals surface area contributed by atoms with Crippen LogP contribution in [0, 0.1) is 6.92 Å². The van der Waals surface area contributed by atoms with Gasteiger partial charge in [0.2, 0.25) is 0 Å². The monoisotopic (exact) mass is 451 g/mol. The summed E-state index contributed by atoms with van der Waals surface area (Å²) in [4.78, 5) is 37.8. The summed E-state index contributed by atoms with van der Waals surface area (Å²) in [5.41, 5.74) is 1.99. The van der Waals surface area contributed by atoms with Crippen molar-refractivity contribution in [3.63, 3.8) is 0 Å². The van der Waals surface area contributed by atoms with Gasteiger partial charge in [0.15, 0.2) is 12.7 Å². The van der Waals surface area contributed by atoms with Gasteiger partial charge in [-0.15, -0.1) is 0 Å². The third kappa shape index (κ3) is 5.34. The van der Waals surface area contributed by atoms with Gasteiger partial charge in [0.25, 0.3) is 11.5 Å². The molecule has 2 aromatic carbocycles. The number of rotatable bonds is 8. The van der Waals surface area contributed by atoms with E-state index in [9.17, 15) is 14.4 Å². The molecule has 0 aliphatic carbocycles. The van der Waals surface area contributed by atoms with E-state index in [4.69, 9.17) is 9.47 Å². The van der Waals surface area contributed by atoms with E-state index in [2.05, 4.69) is 5.32 Å². The Labute approximate surface area is 192 Å². The van der Waals surface area contributed by atoms with Gasteiger partial charge in [0.1, 0.15) is 11.4 Å². The smallest absolute Gasteiger partial charge is 0.344 e. The highest BCUT2D eigenvalue weighted by atomic mass is 16.6. The lowest BCUT2D eigenvalue weighted by Crippen LogP contribution is -2.33. The van der Waals surface area contributed by atoms with Crippen LogP contribution in [0.1, 0.15) is 37.9 Å². The molecule has 8 heteroatoms. The normalized spacial score (nSPS) is 11.8. The third-order valence-electron chi connectivity index (χ3n) is 5.37. The number of amides is 1. The number of hydrogen-bond acceptors (Lipinski definition) is 5. The Morgan fingerprint density at radius 3 is 2.30 bits per heavy atom. The highest BCUT2D eigenvalue weighted by Gasteiger charge is 2.23. The van der Waals surface area contributed by atoms with Gasteiger partial charge in [-0.1, -0.05) is 50.2 Å². The number of carbonyl (C=O) groups excluding carboxylic acids is 2. The van der Waals surface area contributed by atoms with Gasteiger partial charge >= 0.3 is 5.97 Å². The van der Waals surface area contributed by atoms with Gasteiger partial charge in [0, 0.05) is 7.05 Å². The summed E-state index contributed by atoms with van der Waals surface area (Å²) in [6.07, 6.45) is -1.11. The van der Waals surface area contributed by atoms with Gasteiger partial charge in [-0.05, 0) is 43.5 Å². The molecule has 1 unspecified atom stereocenters. The Hall–Kier alpha value is -3.81. The summed E-state index contributed by atoms with van der Waals surface area (Å²) in [5.74, 6) is -0.446. The molecule has 1 amide bonds. The number of nitrogens with one attached hydrogen (secondary N) is 1. The average molecular weight is 452 g/mol. The molecular weight excluding hydrogens is 422 g/mol. The van der Waals surface area contributed by atoms with Crippen molar-refractivity contribution in [3.8, 4) is 11.4 Å². The lowest BCUT2D eigenvalue weighted by molar-refractivity contribution is -0.155. The molecular formula is C25H29N3O5. The zero-order valence-corrected chi connectivity index (χ0v) is 19.5. The highest BCUT2D eigenvalue weighted by Crippen LogP contribution is 2.25. The van der Waals surface area contributed by atoms with Crippen LogP contribution in [0.2, 0.25) is 0 Å². The Bertz CT molecular complexity index is 1190. The fourth-order valence-corrected chi connectivity index (χ4v) is 3.45. The Morgan fingerprint density at radius 1 is 1.00 bits per heavy atom. The van der Waals surface area contributed by atoms with Crippen molar-refractivity contribution < 1.29 is 19.1 Å². The summed E-state index contributed by atoms with van der Waals surface area (Å²) in [7, 11) is 1.73. The maximum atomic E-state index is 12.9. The molecule has 0 saturated heterocycles. The van der Waals surface area contributed by atoms with Gasteiger partial charge in [0.05, 0.1) is 11.4 Å². The van der Waals surface area contributed by atoms with E-state index < -0.39 is 18.0 Å². The van der Waals surface area contributed by atoms with Crippen LogP contribution in [0.3, 0.4) is 0 Å². The van der Waals surface area contributed by atoms with Gasteiger partial charge in [-0.2, -0.15) is 0 Å². The van der Waals surface area contributed by atoms with E-state index in [1.54, 1.807) is 36.9 Å². The first-order valence-corrected chi connectivity index (χ1v) is 10.8. The van der Waals surface area contributed by atoms with Crippen molar-refractivity contribution >= 4 is 17.6 Å². The maximum Gasteiger partial charge on any atom is 0.344 e. The lowest BCUT2D eigenvalue weighted by Gasteiger charge is -2.15. The summed E-state index contributed by atoms with van der Waals surface area (Å²) >= 11 is 0. The van der Waals surface area contributed by atoms with Gasteiger partial charge < -0.3 is 14.8 Å². The number of carbonyl (C=O) groups is 2. The Kier molecular flexibility index (Phi) is 7.37. The number of para-hydroxylation sites is 2. The highest BCUT2D eigenvalue weighted by molar-refractivity contribution is 5.95. The second-order valence-electron chi connectivity index (χ2n) is 8.04. The van der Waals surface area contributed by atoms with Crippen LogP contribution in [0.15, 0.2) is 59.4 Å². The second kappa shape index (κ2) is 10.2. The Morgan fingerprint density at radius 2 is 1.64 bits per heavy atom. The molecule has 0 bridgehead atoms. The molecule has 0 aliphatic rings. The number of nitrogens with zero attached hydrogens (tertiary/aromatic N) is 2. The van der Waals surface area contributed by atoms with Crippen molar-refractivity contribution in [1.29, 1.82) is 0 Å². The minimum Gasteiger partial charge on any atom is -0.482 e. The van der Waals surface area contributed by atoms with E-state index in [-0.39, 0.29) is 23.8 Å². The fraction of sp³-hybridized carbons (Fsp3) is 0.320. The topological polar surface area (TPSA) is 91.6 Å². The van der Waals surface area contributed by atoms with Crippen molar-refractivity contribution in [1.82, 2.24) is 9.36 Å². The van der Waals surface area contributed by atoms with E-state index in [0.717, 1.165) is 5.56 Å². The number of aromatic nitrogens is 2. The number of ether oxygens (including phenoxy) is 2. The predicted molar refractivity (Wildman–Crippen MR) is 126 cm³/mol. The first-order valence-electron chi connectivity index (χ1n) is 10.8. The van der Waals surface area contributed by atoms with E-state index >= 15 is 0 Å². The zero-order valence-electron chi connectivity index (χ0n) is 19.5. The maximum absolute atomic E-state index is 12.9. The summed E-state index contributed by atoms with van der Waals surface area (Å²) in [6.45, 7) is 6.91. The Balaban J connectivity index is 1.65. The van der Waals surface area contributed by atoms with E-state index in [1.807, 2.05) is 50.2 Å². The largest absolute Gasteiger partial charge is 0.482 e.